The first-order valence-corrected chi connectivity index (χ1v) is 10.5. The normalized spacial score (nSPS) is 21.5. The Labute approximate surface area is 180 Å². The predicted octanol–water partition coefficient (Wildman–Crippen LogP) is 2.71. The highest BCUT2D eigenvalue weighted by atomic mass is 35.5. The van der Waals surface area contributed by atoms with Crippen molar-refractivity contribution in [3.05, 3.63) is 46.4 Å². The fourth-order valence-corrected chi connectivity index (χ4v) is 4.08. The molecule has 0 radical (unpaired) electrons. The zero-order chi connectivity index (χ0) is 21.6. The molecule has 0 aliphatic carbocycles. The number of hydrogen-bond acceptors (Lipinski definition) is 5. The number of fused-ring (bicyclic) bond motifs is 2. The molecular weight excluding hydrogens is 408 g/mol. The molecule has 2 unspecified atom stereocenters. The van der Waals surface area contributed by atoms with Gasteiger partial charge in [-0.25, -0.2) is 9.78 Å². The standard InChI is InChI=1S/C21H27ClN4O4/c1-13(2)16(28)18-23-19-17(25(18)11-14-5-7-15(22)8-6-14)21(12-30-21)26(9-4-10-27)20(29)24(19)3/h5-8,13,16,27-28H,4,9-12H2,1-3H3. The van der Waals surface area contributed by atoms with Crippen LogP contribution in [0.2, 0.25) is 5.02 Å². The van der Waals surface area contributed by atoms with E-state index in [9.17, 15) is 15.0 Å². The molecule has 2 amide bonds. The highest BCUT2D eigenvalue weighted by Gasteiger charge is 2.62. The third-order valence-electron chi connectivity index (χ3n) is 5.73. The summed E-state index contributed by atoms with van der Waals surface area (Å²) >= 11 is 6.04. The Morgan fingerprint density at radius 1 is 1.30 bits per heavy atom. The Bertz CT molecular complexity index is 939. The van der Waals surface area contributed by atoms with Crippen molar-refractivity contribution in [2.75, 3.05) is 31.7 Å². The summed E-state index contributed by atoms with van der Waals surface area (Å²) in [5, 5.41) is 20.8. The minimum Gasteiger partial charge on any atom is -0.396 e. The van der Waals surface area contributed by atoms with E-state index in [4.69, 9.17) is 21.3 Å². The Morgan fingerprint density at radius 3 is 2.53 bits per heavy atom. The minimum atomic E-state index is -0.914. The van der Waals surface area contributed by atoms with Crippen LogP contribution in [0.25, 0.3) is 0 Å². The van der Waals surface area contributed by atoms with Crippen molar-refractivity contribution in [3.8, 4) is 0 Å². The van der Waals surface area contributed by atoms with Crippen LogP contribution in [0.1, 0.15) is 43.5 Å². The zero-order valence-corrected chi connectivity index (χ0v) is 18.1. The van der Waals surface area contributed by atoms with Gasteiger partial charge in [-0.15, -0.1) is 0 Å². The van der Waals surface area contributed by atoms with E-state index in [0.29, 0.717) is 42.8 Å². The Balaban J connectivity index is 1.85. The smallest absolute Gasteiger partial charge is 0.328 e. The minimum absolute atomic E-state index is 0.0161. The van der Waals surface area contributed by atoms with Crippen LogP contribution in [0.15, 0.2) is 24.3 Å². The lowest BCUT2D eigenvalue weighted by Gasteiger charge is -2.38. The molecule has 4 rings (SSSR count). The molecule has 8 nitrogen and oxygen atoms in total. The number of rotatable bonds is 7. The molecule has 162 valence electrons. The highest BCUT2D eigenvalue weighted by molar-refractivity contribution is 6.30. The molecule has 1 aromatic carbocycles. The number of ether oxygens (including phenoxy) is 1. The first-order valence-electron chi connectivity index (χ1n) is 10.1. The molecule has 1 fully saturated rings. The van der Waals surface area contributed by atoms with Gasteiger partial charge in [0.25, 0.3) is 0 Å². The average molecular weight is 435 g/mol. The molecule has 2 aliphatic heterocycles. The lowest BCUT2D eigenvalue weighted by atomic mass is 10.1. The van der Waals surface area contributed by atoms with Gasteiger partial charge in [0.2, 0.25) is 5.72 Å². The van der Waals surface area contributed by atoms with Crippen molar-refractivity contribution >= 4 is 23.4 Å². The SMILES string of the molecule is CC(C)C(O)c1nc2c(n1Cc1ccc(Cl)cc1)C1(CO1)N(CCCO)C(=O)N2C. The summed E-state index contributed by atoms with van der Waals surface area (Å²) in [6.07, 6.45) is -0.347. The molecule has 0 saturated carbocycles. The van der Waals surface area contributed by atoms with Gasteiger partial charge in [-0.2, -0.15) is 0 Å². The lowest BCUT2D eigenvalue weighted by Crippen LogP contribution is -2.53. The highest BCUT2D eigenvalue weighted by Crippen LogP contribution is 2.51. The van der Waals surface area contributed by atoms with Crippen molar-refractivity contribution in [3.63, 3.8) is 0 Å². The quantitative estimate of drug-likeness (QED) is 0.653. The molecule has 1 aromatic heterocycles. The van der Waals surface area contributed by atoms with Crippen LogP contribution in [0.5, 0.6) is 0 Å². The largest absolute Gasteiger partial charge is 0.396 e. The van der Waals surface area contributed by atoms with E-state index in [1.807, 2.05) is 42.7 Å². The summed E-state index contributed by atoms with van der Waals surface area (Å²) in [7, 11) is 1.67. The molecule has 30 heavy (non-hydrogen) atoms. The van der Waals surface area contributed by atoms with Crippen molar-refractivity contribution in [1.82, 2.24) is 14.5 Å². The lowest BCUT2D eigenvalue weighted by molar-refractivity contribution is 0.0845. The molecule has 2 aliphatic rings. The van der Waals surface area contributed by atoms with Crippen molar-refractivity contribution < 1.29 is 19.7 Å². The molecular formula is C21H27ClN4O4. The van der Waals surface area contributed by atoms with Crippen LogP contribution in [-0.2, 0) is 17.0 Å². The number of nitrogens with zero attached hydrogens (tertiary/aromatic N) is 4. The summed E-state index contributed by atoms with van der Waals surface area (Å²) in [5.41, 5.74) is 0.837. The first-order chi connectivity index (χ1) is 14.3. The maximum Gasteiger partial charge on any atom is 0.328 e. The summed E-state index contributed by atoms with van der Waals surface area (Å²) in [6, 6.07) is 7.29. The van der Waals surface area contributed by atoms with Crippen molar-refractivity contribution in [2.24, 2.45) is 5.92 Å². The number of hydrogen-bond donors (Lipinski definition) is 2. The molecule has 3 heterocycles. The molecule has 0 bridgehead atoms. The molecule has 2 N–H and O–H groups in total. The summed E-state index contributed by atoms with van der Waals surface area (Å²) in [4.78, 5) is 20.9. The summed E-state index contributed by atoms with van der Waals surface area (Å²) in [6.45, 7) is 5.02. The van der Waals surface area contributed by atoms with Crippen molar-refractivity contribution in [1.29, 1.82) is 0 Å². The van der Waals surface area contributed by atoms with Gasteiger partial charge in [0, 0.05) is 31.8 Å². The fourth-order valence-electron chi connectivity index (χ4n) is 3.95. The van der Waals surface area contributed by atoms with E-state index in [1.165, 1.54) is 4.90 Å². The van der Waals surface area contributed by atoms with Gasteiger partial charge >= 0.3 is 6.03 Å². The Kier molecular flexibility index (Phi) is 5.52. The van der Waals surface area contributed by atoms with Gasteiger partial charge < -0.3 is 19.5 Å². The van der Waals surface area contributed by atoms with Crippen LogP contribution in [-0.4, -0.2) is 57.5 Å². The number of halogens is 1. The van der Waals surface area contributed by atoms with E-state index in [2.05, 4.69) is 0 Å². The van der Waals surface area contributed by atoms with Crippen LogP contribution in [0.4, 0.5) is 10.6 Å². The van der Waals surface area contributed by atoms with Crippen LogP contribution >= 0.6 is 11.6 Å². The van der Waals surface area contributed by atoms with Crippen LogP contribution < -0.4 is 4.90 Å². The van der Waals surface area contributed by atoms with Gasteiger partial charge in [0.1, 0.15) is 24.2 Å². The third kappa shape index (κ3) is 3.37. The zero-order valence-electron chi connectivity index (χ0n) is 17.4. The van der Waals surface area contributed by atoms with E-state index < -0.39 is 11.8 Å². The van der Waals surface area contributed by atoms with Gasteiger partial charge in [0.05, 0.1) is 0 Å². The molecule has 2 aromatic rings. The second-order valence-electron chi connectivity index (χ2n) is 8.19. The summed E-state index contributed by atoms with van der Waals surface area (Å²) < 4.78 is 7.84. The second kappa shape index (κ2) is 7.85. The number of urea groups is 1. The maximum absolute atomic E-state index is 13.0. The number of benzene rings is 1. The van der Waals surface area contributed by atoms with Crippen LogP contribution in [0, 0.1) is 5.92 Å². The molecule has 1 saturated heterocycles. The fraction of sp³-hybridized carbons (Fsp3) is 0.524. The monoisotopic (exact) mass is 434 g/mol. The first kappa shape index (κ1) is 21.1. The number of aromatic nitrogens is 2. The molecule has 2 atom stereocenters. The van der Waals surface area contributed by atoms with E-state index >= 15 is 0 Å². The van der Waals surface area contributed by atoms with Gasteiger partial charge in [-0.3, -0.25) is 9.80 Å². The van der Waals surface area contributed by atoms with E-state index in [-0.39, 0.29) is 18.6 Å². The number of amides is 2. The molecule has 9 heteroatoms. The number of aliphatic hydroxyl groups is 2. The predicted molar refractivity (Wildman–Crippen MR) is 112 cm³/mol. The van der Waals surface area contributed by atoms with Crippen LogP contribution in [0.3, 0.4) is 0 Å². The third-order valence-corrected chi connectivity index (χ3v) is 5.98. The topological polar surface area (TPSA) is 94.4 Å². The number of aliphatic hydroxyl groups excluding tert-OH is 2. The number of carbonyl (C=O) groups is 1. The molecule has 1 spiro atoms. The van der Waals surface area contributed by atoms with Gasteiger partial charge in [0.15, 0.2) is 5.82 Å². The summed E-state index contributed by atoms with van der Waals surface area (Å²) in [5.74, 6) is 0.949. The average Bonchev–Trinajstić information content (AvgIpc) is 3.41. The Hall–Kier alpha value is -2.13. The number of epoxide rings is 1. The van der Waals surface area contributed by atoms with Crippen molar-refractivity contribution in [2.45, 2.75) is 38.6 Å². The second-order valence-corrected chi connectivity index (χ2v) is 8.62. The number of anilines is 1. The Morgan fingerprint density at radius 2 is 1.97 bits per heavy atom. The number of imidazole rings is 1. The number of carbonyl (C=O) groups excluding carboxylic acids is 1. The maximum atomic E-state index is 13.0. The van der Waals surface area contributed by atoms with E-state index in [0.717, 1.165) is 11.3 Å². The van der Waals surface area contributed by atoms with Gasteiger partial charge in [-0.05, 0) is 30.0 Å². The van der Waals surface area contributed by atoms with Gasteiger partial charge in [-0.1, -0.05) is 37.6 Å². The van der Waals surface area contributed by atoms with E-state index in [1.54, 1.807) is 11.9 Å².